The molecule has 0 aromatic heterocycles. The number of nitro groups is 1. The Kier molecular flexibility index (Phi) is 3.33. The molecule has 0 bridgehead atoms. The van der Waals surface area contributed by atoms with E-state index in [0.29, 0.717) is 0 Å². The molecular formula is C9H6ClN3O3. The van der Waals surface area contributed by atoms with Gasteiger partial charge in [0.15, 0.2) is 0 Å². The number of rotatable bonds is 1. The zero-order valence-corrected chi connectivity index (χ0v) is 8.62. The number of anilines is 1. The van der Waals surface area contributed by atoms with Crippen molar-refractivity contribution in [1.82, 2.24) is 0 Å². The first kappa shape index (κ1) is 11.8. The molecule has 1 amide bonds. The number of amides is 1. The molecule has 4 N–H and O–H groups in total. The van der Waals surface area contributed by atoms with Crippen LogP contribution in [0.1, 0.15) is 5.56 Å². The van der Waals surface area contributed by atoms with Gasteiger partial charge < -0.3 is 11.5 Å². The van der Waals surface area contributed by atoms with E-state index >= 15 is 0 Å². The number of carbonyl (C=O) groups excluding carboxylic acids is 1. The Bertz CT molecular complexity index is 531. The second-order valence-electron chi connectivity index (χ2n) is 2.76. The van der Waals surface area contributed by atoms with E-state index in [-0.39, 0.29) is 22.0 Å². The third-order valence-electron chi connectivity index (χ3n) is 1.63. The van der Waals surface area contributed by atoms with Crippen LogP contribution in [0, 0.1) is 22.0 Å². The molecule has 0 aliphatic carbocycles. The van der Waals surface area contributed by atoms with Crippen molar-refractivity contribution in [3.05, 3.63) is 32.8 Å². The number of benzene rings is 1. The van der Waals surface area contributed by atoms with Gasteiger partial charge in [-0.2, -0.15) is 0 Å². The largest absolute Gasteiger partial charge is 0.393 e. The van der Waals surface area contributed by atoms with Crippen LogP contribution in [0.3, 0.4) is 0 Å². The summed E-state index contributed by atoms with van der Waals surface area (Å²) in [6.07, 6.45) is 0. The Hall–Kier alpha value is -2.26. The van der Waals surface area contributed by atoms with E-state index in [1.165, 1.54) is 6.07 Å². The highest BCUT2D eigenvalue weighted by molar-refractivity contribution is 6.32. The Morgan fingerprint density at radius 1 is 1.50 bits per heavy atom. The van der Waals surface area contributed by atoms with Gasteiger partial charge >= 0.3 is 0 Å². The van der Waals surface area contributed by atoms with E-state index in [4.69, 9.17) is 23.1 Å². The highest BCUT2D eigenvalue weighted by atomic mass is 35.5. The lowest BCUT2D eigenvalue weighted by atomic mass is 10.2. The third kappa shape index (κ3) is 2.62. The minimum atomic E-state index is -0.851. The van der Waals surface area contributed by atoms with Crippen LogP contribution in [-0.2, 0) is 4.79 Å². The van der Waals surface area contributed by atoms with Gasteiger partial charge in [-0.05, 0) is 6.07 Å². The van der Waals surface area contributed by atoms with Gasteiger partial charge in [0.2, 0.25) is 0 Å². The van der Waals surface area contributed by atoms with Gasteiger partial charge in [0.1, 0.15) is 5.69 Å². The van der Waals surface area contributed by atoms with Gasteiger partial charge in [0.25, 0.3) is 11.6 Å². The second kappa shape index (κ2) is 4.51. The Labute approximate surface area is 95.3 Å². The molecule has 0 spiro atoms. The summed E-state index contributed by atoms with van der Waals surface area (Å²) in [4.78, 5) is 20.3. The maximum absolute atomic E-state index is 10.6. The number of halogens is 1. The number of hydrogen-bond acceptors (Lipinski definition) is 4. The van der Waals surface area contributed by atoms with E-state index in [9.17, 15) is 14.9 Å². The molecule has 1 aromatic rings. The summed E-state index contributed by atoms with van der Waals surface area (Å²) in [5.74, 6) is 3.50. The Morgan fingerprint density at radius 2 is 2.12 bits per heavy atom. The number of carbonyl (C=O) groups is 1. The molecule has 0 fully saturated rings. The van der Waals surface area contributed by atoms with E-state index < -0.39 is 10.8 Å². The summed E-state index contributed by atoms with van der Waals surface area (Å²) in [5.41, 5.74) is 9.92. The molecule has 1 rings (SSSR count). The molecule has 0 atom stereocenters. The van der Waals surface area contributed by atoms with Crippen molar-refractivity contribution in [2.45, 2.75) is 0 Å². The van der Waals surface area contributed by atoms with E-state index in [1.807, 2.05) is 5.92 Å². The van der Waals surface area contributed by atoms with E-state index in [1.54, 1.807) is 0 Å². The zero-order chi connectivity index (χ0) is 12.3. The van der Waals surface area contributed by atoms with Crippen molar-refractivity contribution in [3.63, 3.8) is 0 Å². The SMILES string of the molecule is NC(=O)C#Cc1cc([N+](=O)[O-])c(N)cc1Cl. The first-order chi connectivity index (χ1) is 7.41. The number of primary amides is 1. The highest BCUT2D eigenvalue weighted by Crippen LogP contribution is 2.28. The predicted octanol–water partition coefficient (Wildman–Crippen LogP) is 0.667. The first-order valence-electron chi connectivity index (χ1n) is 3.96. The molecule has 0 unspecified atom stereocenters. The molecule has 0 radical (unpaired) electrons. The standard InChI is InChI=1S/C9H6ClN3O3/c10-6-4-7(11)8(13(15)16)3-5(6)1-2-9(12)14/h3-4H,11H2,(H2,12,14). The van der Waals surface area contributed by atoms with Crippen molar-refractivity contribution >= 4 is 28.9 Å². The summed E-state index contributed by atoms with van der Waals surface area (Å²) >= 11 is 5.73. The summed E-state index contributed by atoms with van der Waals surface area (Å²) < 4.78 is 0. The lowest BCUT2D eigenvalue weighted by molar-refractivity contribution is -0.383. The van der Waals surface area contributed by atoms with Gasteiger partial charge in [-0.3, -0.25) is 14.9 Å². The van der Waals surface area contributed by atoms with Gasteiger partial charge in [-0.1, -0.05) is 17.5 Å². The average Bonchev–Trinajstić information content (AvgIpc) is 2.15. The summed E-state index contributed by atoms with van der Waals surface area (Å²) in [6.45, 7) is 0. The number of nitrogens with zero attached hydrogens (tertiary/aromatic N) is 1. The summed E-state index contributed by atoms with van der Waals surface area (Å²) in [5, 5.41) is 10.7. The average molecular weight is 240 g/mol. The fraction of sp³-hybridized carbons (Fsp3) is 0. The van der Waals surface area contributed by atoms with Gasteiger partial charge in [-0.15, -0.1) is 0 Å². The van der Waals surface area contributed by atoms with Crippen LogP contribution in [0.4, 0.5) is 11.4 Å². The van der Waals surface area contributed by atoms with Crippen molar-refractivity contribution in [3.8, 4) is 11.8 Å². The van der Waals surface area contributed by atoms with Crippen molar-refractivity contribution in [1.29, 1.82) is 0 Å². The highest BCUT2D eigenvalue weighted by Gasteiger charge is 2.14. The molecule has 7 heteroatoms. The molecule has 0 saturated carbocycles. The topological polar surface area (TPSA) is 112 Å². The first-order valence-corrected chi connectivity index (χ1v) is 4.34. The molecule has 0 heterocycles. The second-order valence-corrected chi connectivity index (χ2v) is 3.17. The summed E-state index contributed by atoms with van der Waals surface area (Å²) in [6, 6.07) is 2.29. The lowest BCUT2D eigenvalue weighted by Gasteiger charge is -2.00. The number of hydrogen-bond donors (Lipinski definition) is 2. The minimum absolute atomic E-state index is 0.0698. The molecular weight excluding hydrogens is 234 g/mol. The van der Waals surface area contributed by atoms with Gasteiger partial charge in [0, 0.05) is 12.0 Å². The molecule has 82 valence electrons. The zero-order valence-electron chi connectivity index (χ0n) is 7.86. The number of nitro benzene ring substituents is 1. The fourth-order valence-corrected chi connectivity index (χ4v) is 1.18. The molecule has 0 aliphatic heterocycles. The monoisotopic (exact) mass is 239 g/mol. The fourth-order valence-electron chi connectivity index (χ4n) is 0.960. The molecule has 16 heavy (non-hydrogen) atoms. The number of nitrogen functional groups attached to an aromatic ring is 1. The Balaban J connectivity index is 3.32. The van der Waals surface area contributed by atoms with E-state index in [0.717, 1.165) is 6.07 Å². The smallest absolute Gasteiger partial charge is 0.293 e. The quantitative estimate of drug-likeness (QED) is 0.324. The molecule has 0 saturated heterocycles. The van der Waals surface area contributed by atoms with E-state index in [2.05, 4.69) is 5.92 Å². The minimum Gasteiger partial charge on any atom is -0.393 e. The normalized spacial score (nSPS) is 9.06. The van der Waals surface area contributed by atoms with Crippen LogP contribution in [0.5, 0.6) is 0 Å². The van der Waals surface area contributed by atoms with Crippen molar-refractivity contribution in [2.75, 3.05) is 5.73 Å². The maximum atomic E-state index is 10.6. The van der Waals surface area contributed by atoms with Crippen LogP contribution in [-0.4, -0.2) is 10.8 Å². The molecule has 1 aromatic carbocycles. The molecule has 6 nitrogen and oxygen atoms in total. The van der Waals surface area contributed by atoms with Gasteiger partial charge in [-0.25, -0.2) is 0 Å². The maximum Gasteiger partial charge on any atom is 0.293 e. The van der Waals surface area contributed by atoms with Crippen molar-refractivity contribution in [2.24, 2.45) is 5.73 Å². The van der Waals surface area contributed by atoms with Crippen LogP contribution in [0.25, 0.3) is 0 Å². The summed E-state index contributed by atoms with van der Waals surface area (Å²) in [7, 11) is 0. The third-order valence-corrected chi connectivity index (χ3v) is 1.95. The molecule has 0 aliphatic rings. The van der Waals surface area contributed by atoms with Crippen LogP contribution >= 0.6 is 11.6 Å². The van der Waals surface area contributed by atoms with Crippen LogP contribution in [0.2, 0.25) is 5.02 Å². The number of nitrogens with two attached hydrogens (primary N) is 2. The lowest BCUT2D eigenvalue weighted by Crippen LogP contribution is -2.06. The Morgan fingerprint density at radius 3 is 2.62 bits per heavy atom. The van der Waals surface area contributed by atoms with Crippen LogP contribution < -0.4 is 11.5 Å². The van der Waals surface area contributed by atoms with Gasteiger partial charge in [0.05, 0.1) is 15.5 Å². The van der Waals surface area contributed by atoms with Crippen LogP contribution in [0.15, 0.2) is 12.1 Å². The predicted molar refractivity (Wildman–Crippen MR) is 58.6 cm³/mol. The van der Waals surface area contributed by atoms with Crippen molar-refractivity contribution < 1.29 is 9.72 Å².